The number of carbonyl (C=O) groups excluding carboxylic acids is 2. The molecule has 1 aliphatic carbocycles. The summed E-state index contributed by atoms with van der Waals surface area (Å²) in [6.45, 7) is 3.09. The van der Waals surface area contributed by atoms with Gasteiger partial charge >= 0.3 is 0 Å². The Morgan fingerprint density at radius 3 is 2.37 bits per heavy atom. The molecule has 2 amide bonds. The van der Waals surface area contributed by atoms with Gasteiger partial charge in [-0.1, -0.05) is 0 Å². The summed E-state index contributed by atoms with van der Waals surface area (Å²) in [5.74, 6) is 1.21. The zero-order valence-electron chi connectivity index (χ0n) is 16.8. The number of fused-ring (bicyclic) bond motifs is 1. The van der Waals surface area contributed by atoms with E-state index >= 15 is 0 Å². The van der Waals surface area contributed by atoms with Crippen LogP contribution in [0, 0.1) is 5.92 Å². The summed E-state index contributed by atoms with van der Waals surface area (Å²) >= 11 is 0. The van der Waals surface area contributed by atoms with Gasteiger partial charge in [-0.25, -0.2) is 13.1 Å². The predicted octanol–water partition coefficient (Wildman–Crippen LogP) is 0.597. The third-order valence-corrected chi connectivity index (χ3v) is 6.99. The van der Waals surface area contributed by atoms with Crippen molar-refractivity contribution in [3.8, 4) is 11.5 Å². The molecule has 1 saturated heterocycles. The van der Waals surface area contributed by atoms with Crippen LogP contribution < -0.4 is 14.2 Å². The first-order valence-electron chi connectivity index (χ1n) is 10.4. The van der Waals surface area contributed by atoms with E-state index in [4.69, 9.17) is 9.47 Å². The lowest BCUT2D eigenvalue weighted by molar-refractivity contribution is -0.140. The van der Waals surface area contributed by atoms with E-state index in [1.165, 1.54) is 12.1 Å². The number of hydrogen-bond acceptors (Lipinski definition) is 6. The van der Waals surface area contributed by atoms with Crippen molar-refractivity contribution in [3.63, 3.8) is 0 Å². The van der Waals surface area contributed by atoms with Gasteiger partial charge in [0.15, 0.2) is 11.5 Å². The Labute approximate surface area is 176 Å². The first-order chi connectivity index (χ1) is 14.4. The van der Waals surface area contributed by atoms with Crippen LogP contribution in [0.1, 0.15) is 25.7 Å². The zero-order chi connectivity index (χ0) is 21.1. The second-order valence-electron chi connectivity index (χ2n) is 7.79. The Bertz CT molecular complexity index is 907. The van der Waals surface area contributed by atoms with Crippen LogP contribution in [0.2, 0.25) is 0 Å². The van der Waals surface area contributed by atoms with Crippen LogP contribution in [0.4, 0.5) is 0 Å². The van der Waals surface area contributed by atoms with Gasteiger partial charge in [-0.3, -0.25) is 9.59 Å². The lowest BCUT2D eigenvalue weighted by atomic mass is 10.2. The number of carbonyl (C=O) groups is 2. The molecule has 0 aromatic heterocycles. The summed E-state index contributed by atoms with van der Waals surface area (Å²) in [6.07, 6.45) is 2.75. The van der Waals surface area contributed by atoms with Crippen molar-refractivity contribution >= 4 is 21.8 Å². The SMILES string of the molecule is O=C(CCNS(=O)(=O)c1ccc2c(c1)OCCCO2)N1CCN(C(=O)C2CC2)CC1. The van der Waals surface area contributed by atoms with Gasteiger partial charge in [0.05, 0.1) is 18.1 Å². The molecule has 164 valence electrons. The molecule has 10 heteroatoms. The highest BCUT2D eigenvalue weighted by molar-refractivity contribution is 7.89. The molecule has 30 heavy (non-hydrogen) atoms. The Hall–Kier alpha value is -2.33. The fourth-order valence-corrected chi connectivity index (χ4v) is 4.66. The van der Waals surface area contributed by atoms with Crippen LogP contribution >= 0.6 is 0 Å². The van der Waals surface area contributed by atoms with Crippen molar-refractivity contribution in [2.75, 3.05) is 45.9 Å². The number of rotatable bonds is 6. The number of amides is 2. The maximum atomic E-state index is 12.6. The number of ether oxygens (including phenoxy) is 2. The molecule has 1 aromatic rings. The quantitative estimate of drug-likeness (QED) is 0.699. The second-order valence-corrected chi connectivity index (χ2v) is 9.55. The van der Waals surface area contributed by atoms with Gasteiger partial charge in [-0.15, -0.1) is 0 Å². The molecule has 4 rings (SSSR count). The molecule has 2 heterocycles. The van der Waals surface area contributed by atoms with Gasteiger partial charge in [0.1, 0.15) is 0 Å². The van der Waals surface area contributed by atoms with Gasteiger partial charge < -0.3 is 19.3 Å². The molecule has 0 spiro atoms. The second kappa shape index (κ2) is 8.81. The lowest BCUT2D eigenvalue weighted by Crippen LogP contribution is -2.51. The van der Waals surface area contributed by atoms with E-state index in [1.54, 1.807) is 11.0 Å². The van der Waals surface area contributed by atoms with Gasteiger partial charge in [0.2, 0.25) is 21.8 Å². The van der Waals surface area contributed by atoms with Crippen LogP contribution in [0.5, 0.6) is 11.5 Å². The van der Waals surface area contributed by atoms with E-state index in [0.29, 0.717) is 50.9 Å². The van der Waals surface area contributed by atoms with E-state index in [1.807, 2.05) is 4.90 Å². The fraction of sp³-hybridized carbons (Fsp3) is 0.600. The number of piperazine rings is 1. The molecule has 0 radical (unpaired) electrons. The molecular weight excluding hydrogens is 410 g/mol. The number of nitrogens with one attached hydrogen (secondary N) is 1. The van der Waals surface area contributed by atoms with E-state index < -0.39 is 10.0 Å². The Morgan fingerprint density at radius 1 is 1.00 bits per heavy atom. The largest absolute Gasteiger partial charge is 0.490 e. The Balaban J connectivity index is 1.26. The zero-order valence-corrected chi connectivity index (χ0v) is 17.7. The minimum Gasteiger partial charge on any atom is -0.490 e. The fourth-order valence-electron chi connectivity index (χ4n) is 3.61. The molecule has 0 unspecified atom stereocenters. The highest BCUT2D eigenvalue weighted by atomic mass is 32.2. The van der Waals surface area contributed by atoms with Gasteiger partial charge in [-0.05, 0) is 25.0 Å². The number of hydrogen-bond donors (Lipinski definition) is 1. The molecule has 0 bridgehead atoms. The first-order valence-corrected chi connectivity index (χ1v) is 11.9. The lowest BCUT2D eigenvalue weighted by Gasteiger charge is -2.35. The van der Waals surface area contributed by atoms with Crippen LogP contribution in [0.25, 0.3) is 0 Å². The normalized spacial score (nSPS) is 19.3. The number of sulfonamides is 1. The highest BCUT2D eigenvalue weighted by Gasteiger charge is 2.35. The maximum absolute atomic E-state index is 12.6. The average molecular weight is 438 g/mol. The van der Waals surface area contributed by atoms with Gasteiger partial charge in [0, 0.05) is 57.5 Å². The molecule has 2 fully saturated rings. The molecular formula is C20H27N3O6S. The predicted molar refractivity (Wildman–Crippen MR) is 108 cm³/mol. The van der Waals surface area contributed by atoms with Crippen LogP contribution in [-0.4, -0.2) is 76.0 Å². The number of benzene rings is 1. The summed E-state index contributed by atoms with van der Waals surface area (Å²) in [7, 11) is -3.76. The summed E-state index contributed by atoms with van der Waals surface area (Å²) in [6, 6.07) is 4.50. The molecule has 1 aromatic carbocycles. The molecule has 0 atom stereocenters. The van der Waals surface area contributed by atoms with E-state index in [-0.39, 0.29) is 35.6 Å². The Morgan fingerprint density at radius 2 is 1.67 bits per heavy atom. The molecule has 2 aliphatic heterocycles. The molecule has 9 nitrogen and oxygen atoms in total. The standard InChI is InChI=1S/C20H27N3O6S/c24-19(22-8-10-23(11-9-22)20(25)15-2-3-15)6-7-21-30(26,27)16-4-5-17-18(14-16)29-13-1-12-28-17/h4-5,14-15,21H,1-3,6-13H2. The minimum atomic E-state index is -3.76. The third kappa shape index (κ3) is 4.86. The van der Waals surface area contributed by atoms with Crippen molar-refractivity contribution in [2.24, 2.45) is 5.92 Å². The summed E-state index contributed by atoms with van der Waals surface area (Å²) < 4.78 is 38.7. The number of nitrogens with zero attached hydrogens (tertiary/aromatic N) is 2. The van der Waals surface area contributed by atoms with Crippen LogP contribution in [0.3, 0.4) is 0 Å². The molecule has 1 saturated carbocycles. The highest BCUT2D eigenvalue weighted by Crippen LogP contribution is 2.32. The summed E-state index contributed by atoms with van der Waals surface area (Å²) in [5, 5.41) is 0. The first kappa shape index (κ1) is 20.9. The minimum absolute atomic E-state index is 0.0107. The van der Waals surface area contributed by atoms with Gasteiger partial charge in [0.25, 0.3) is 0 Å². The van der Waals surface area contributed by atoms with Crippen molar-refractivity contribution in [1.29, 1.82) is 0 Å². The molecule has 3 aliphatic rings. The van der Waals surface area contributed by atoms with Crippen molar-refractivity contribution in [1.82, 2.24) is 14.5 Å². The van der Waals surface area contributed by atoms with Crippen molar-refractivity contribution < 1.29 is 27.5 Å². The Kier molecular flexibility index (Phi) is 6.14. The topological polar surface area (TPSA) is 105 Å². The third-order valence-electron chi connectivity index (χ3n) is 5.53. The molecule has 1 N–H and O–H groups in total. The van der Waals surface area contributed by atoms with E-state index in [9.17, 15) is 18.0 Å². The smallest absolute Gasteiger partial charge is 0.240 e. The van der Waals surface area contributed by atoms with E-state index in [2.05, 4.69) is 4.72 Å². The van der Waals surface area contributed by atoms with Crippen LogP contribution in [0.15, 0.2) is 23.1 Å². The van der Waals surface area contributed by atoms with Crippen LogP contribution in [-0.2, 0) is 19.6 Å². The monoisotopic (exact) mass is 437 g/mol. The van der Waals surface area contributed by atoms with E-state index in [0.717, 1.165) is 19.3 Å². The average Bonchev–Trinajstić information content (AvgIpc) is 3.59. The summed E-state index contributed by atoms with van der Waals surface area (Å²) in [4.78, 5) is 28.1. The van der Waals surface area contributed by atoms with Gasteiger partial charge in [-0.2, -0.15) is 0 Å². The maximum Gasteiger partial charge on any atom is 0.240 e. The van der Waals surface area contributed by atoms with Crippen molar-refractivity contribution in [3.05, 3.63) is 18.2 Å². The van der Waals surface area contributed by atoms with Crippen molar-refractivity contribution in [2.45, 2.75) is 30.6 Å². The summed E-state index contributed by atoms with van der Waals surface area (Å²) in [5.41, 5.74) is 0.